The van der Waals surface area contributed by atoms with Crippen molar-refractivity contribution in [1.29, 1.82) is 0 Å². The highest BCUT2D eigenvalue weighted by Gasteiger charge is 2.22. The minimum absolute atomic E-state index is 0.0158. The first-order valence-electron chi connectivity index (χ1n) is 19.7. The van der Waals surface area contributed by atoms with Crippen molar-refractivity contribution in [3.8, 4) is 0 Å². The van der Waals surface area contributed by atoms with Crippen LogP contribution < -0.4 is 0 Å². The molecule has 0 rings (SSSR count). The molecule has 0 aliphatic carbocycles. The highest BCUT2D eigenvalue weighted by atomic mass is 32.2. The van der Waals surface area contributed by atoms with Gasteiger partial charge in [0.2, 0.25) is 0 Å². The number of quaternary nitrogens is 1. The molecule has 0 saturated carbocycles. The Morgan fingerprint density at radius 1 is 0.400 bits per heavy atom. The Kier molecular flexibility index (Phi) is 32.3. The van der Waals surface area contributed by atoms with Crippen LogP contribution in [0.15, 0.2) is 36.8 Å². The normalized spacial score (nSPS) is 12.9. The fraction of sp³-hybridized carbons (Fsp3) is 0.850. The van der Waals surface area contributed by atoms with Crippen LogP contribution in [0.4, 0.5) is 0 Å². The second kappa shape index (κ2) is 33.0. The van der Waals surface area contributed by atoms with E-state index >= 15 is 0 Å². The molecule has 0 aromatic heterocycles. The summed E-state index contributed by atoms with van der Waals surface area (Å²) in [6, 6.07) is 0. The third-order valence-electron chi connectivity index (χ3n) is 8.95. The van der Waals surface area contributed by atoms with E-state index < -0.39 is 16.0 Å². The zero-order valence-corrected chi connectivity index (χ0v) is 31.3. The molecule has 4 nitrogen and oxygen atoms in total. The minimum Gasteiger partial charge on any atom is -0.744 e. The topological polar surface area (TPSA) is 57.2 Å². The van der Waals surface area contributed by atoms with Gasteiger partial charge in [-0.05, 0) is 56.8 Å². The zero-order valence-electron chi connectivity index (χ0n) is 30.5. The monoisotopic (exact) mass is 652 g/mol. The molecule has 0 unspecified atom stereocenters. The summed E-state index contributed by atoms with van der Waals surface area (Å²) in [7, 11) is -4.41. The summed E-state index contributed by atoms with van der Waals surface area (Å²) < 4.78 is 36.2. The molecular weight excluding hydrogens is 575 g/mol. The van der Waals surface area contributed by atoms with Crippen LogP contribution in [0.2, 0.25) is 0 Å². The molecule has 0 radical (unpaired) electrons. The predicted octanol–water partition coefficient (Wildman–Crippen LogP) is 13.6. The van der Waals surface area contributed by atoms with Gasteiger partial charge in [-0.2, -0.15) is 0 Å². The highest BCUT2D eigenvalue weighted by molar-refractivity contribution is 7.85. The van der Waals surface area contributed by atoms with Gasteiger partial charge in [0.1, 0.15) is 28.7 Å². The molecule has 0 spiro atoms. The Hall–Kier alpha value is -0.910. The van der Waals surface area contributed by atoms with Gasteiger partial charge in [0.15, 0.2) is 5.88 Å². The van der Waals surface area contributed by atoms with E-state index in [1.54, 1.807) is 0 Å². The van der Waals surface area contributed by atoms with Gasteiger partial charge in [-0.15, -0.1) is 0 Å². The number of hydrogen-bond acceptors (Lipinski definition) is 3. The number of allylic oxidation sites excluding steroid dienone is 3. The van der Waals surface area contributed by atoms with Gasteiger partial charge in [0, 0.05) is 0 Å². The first-order chi connectivity index (χ1) is 21.9. The van der Waals surface area contributed by atoms with E-state index in [0.717, 1.165) is 38.5 Å². The molecule has 0 aliphatic rings. The Balaban J connectivity index is 4.96. The van der Waals surface area contributed by atoms with Gasteiger partial charge >= 0.3 is 0 Å². The molecule has 0 aromatic rings. The molecule has 45 heavy (non-hydrogen) atoms. The Labute approximate surface area is 283 Å². The first-order valence-corrected chi connectivity index (χ1v) is 21.3. The van der Waals surface area contributed by atoms with Crippen LogP contribution in [0.25, 0.3) is 0 Å². The fourth-order valence-corrected chi connectivity index (χ4v) is 6.89. The number of nitrogens with zero attached hydrogens (tertiary/aromatic N) is 1. The molecule has 0 N–H and O–H groups in total. The van der Waals surface area contributed by atoms with E-state index in [2.05, 4.69) is 39.0 Å². The molecule has 0 saturated heterocycles. The molecule has 0 heterocycles. The SMILES string of the molecule is CCCCCCCCCCC/C=C/[N+](/C=C/CCCCCCCCCCC)(/C=C/CCCCCCCCCCC)CS(=O)(=O)[O-]. The van der Waals surface area contributed by atoms with E-state index in [4.69, 9.17) is 0 Å². The van der Waals surface area contributed by atoms with Crippen LogP contribution in [-0.4, -0.2) is 23.3 Å². The van der Waals surface area contributed by atoms with Crippen molar-refractivity contribution >= 4 is 10.1 Å². The van der Waals surface area contributed by atoms with Crippen molar-refractivity contribution in [3.63, 3.8) is 0 Å². The van der Waals surface area contributed by atoms with Crippen molar-refractivity contribution in [1.82, 2.24) is 0 Å². The average molecular weight is 652 g/mol. The largest absolute Gasteiger partial charge is 0.744 e. The summed E-state index contributed by atoms with van der Waals surface area (Å²) in [6.45, 7) is 6.78. The summed E-state index contributed by atoms with van der Waals surface area (Å²) in [5.41, 5.74) is 0. The Morgan fingerprint density at radius 2 is 0.622 bits per heavy atom. The summed E-state index contributed by atoms with van der Waals surface area (Å²) >= 11 is 0. The van der Waals surface area contributed by atoms with Crippen molar-refractivity contribution in [2.75, 3.05) is 5.88 Å². The molecule has 0 bridgehead atoms. The standard InChI is InChI=1S/C40H77NO3S/c1-4-7-10-13-16-19-22-25-28-31-34-37-41(40-45(42,43)44,38-35-32-29-26-23-20-17-14-11-8-5-2)39-36-33-30-27-24-21-18-15-12-9-6-3/h34-39H,4-33,40H2,1-3H3/b37-34+,38-35+,39-36+. The zero-order chi connectivity index (χ0) is 33.2. The molecule has 5 heteroatoms. The number of unbranched alkanes of at least 4 members (excludes halogenated alkanes) is 27. The summed E-state index contributed by atoms with van der Waals surface area (Å²) in [5.74, 6) is -0.455. The number of rotatable bonds is 35. The van der Waals surface area contributed by atoms with Crippen LogP contribution in [0.5, 0.6) is 0 Å². The van der Waals surface area contributed by atoms with Crippen LogP contribution in [-0.2, 0) is 10.1 Å². The Morgan fingerprint density at radius 3 is 0.844 bits per heavy atom. The lowest BCUT2D eigenvalue weighted by Gasteiger charge is -2.28. The maximum atomic E-state index is 12.1. The molecule has 0 amide bonds. The molecule has 0 aromatic carbocycles. The van der Waals surface area contributed by atoms with Gasteiger partial charge < -0.3 is 4.55 Å². The third kappa shape index (κ3) is 32.8. The van der Waals surface area contributed by atoms with Crippen molar-refractivity contribution in [3.05, 3.63) is 36.8 Å². The summed E-state index contributed by atoms with van der Waals surface area (Å²) in [4.78, 5) is 0. The second-order valence-corrected chi connectivity index (χ2v) is 15.1. The van der Waals surface area contributed by atoms with Crippen LogP contribution in [0.1, 0.15) is 213 Å². The summed E-state index contributed by atoms with van der Waals surface area (Å²) in [6.07, 6.45) is 49.8. The molecule has 0 atom stereocenters. The maximum absolute atomic E-state index is 12.1. The van der Waals surface area contributed by atoms with E-state index in [1.165, 1.54) is 154 Å². The van der Waals surface area contributed by atoms with Gasteiger partial charge in [-0.3, -0.25) is 0 Å². The van der Waals surface area contributed by atoms with E-state index in [9.17, 15) is 13.0 Å². The van der Waals surface area contributed by atoms with Crippen molar-refractivity contribution in [2.24, 2.45) is 0 Å². The first kappa shape index (κ1) is 44.1. The quantitative estimate of drug-likeness (QED) is 0.0389. The highest BCUT2D eigenvalue weighted by Crippen LogP contribution is 2.19. The lowest BCUT2D eigenvalue weighted by atomic mass is 10.1. The number of hydrogen-bond donors (Lipinski definition) is 0. The maximum Gasteiger partial charge on any atom is 0.181 e. The third-order valence-corrected chi connectivity index (χ3v) is 9.72. The van der Waals surface area contributed by atoms with Gasteiger partial charge in [0.25, 0.3) is 0 Å². The van der Waals surface area contributed by atoms with Gasteiger partial charge in [-0.1, -0.05) is 175 Å². The van der Waals surface area contributed by atoms with Gasteiger partial charge in [0.05, 0.1) is 0 Å². The molecular formula is C40H77NO3S. The molecule has 0 fully saturated rings. The predicted molar refractivity (Wildman–Crippen MR) is 198 cm³/mol. The van der Waals surface area contributed by atoms with Crippen LogP contribution in [0, 0.1) is 0 Å². The summed E-state index contributed by atoms with van der Waals surface area (Å²) in [5, 5.41) is 0. The van der Waals surface area contributed by atoms with E-state index in [0.29, 0.717) is 0 Å². The molecule has 266 valence electrons. The second-order valence-electron chi connectivity index (χ2n) is 13.7. The minimum atomic E-state index is -4.41. The lowest BCUT2D eigenvalue weighted by molar-refractivity contribution is -0.760. The van der Waals surface area contributed by atoms with E-state index in [1.807, 2.05) is 18.6 Å². The lowest BCUT2D eigenvalue weighted by Crippen LogP contribution is -2.36. The fourth-order valence-electron chi connectivity index (χ4n) is 6.08. The van der Waals surface area contributed by atoms with E-state index in [-0.39, 0.29) is 4.48 Å². The van der Waals surface area contributed by atoms with Crippen molar-refractivity contribution in [2.45, 2.75) is 213 Å². The molecule has 0 aliphatic heterocycles. The van der Waals surface area contributed by atoms with Crippen molar-refractivity contribution < 1.29 is 17.5 Å². The Bertz CT molecular complexity index is 724. The smallest absolute Gasteiger partial charge is 0.181 e. The van der Waals surface area contributed by atoms with Gasteiger partial charge in [-0.25, -0.2) is 12.9 Å². The van der Waals surface area contributed by atoms with Crippen LogP contribution in [0.3, 0.4) is 0 Å². The average Bonchev–Trinajstić information content (AvgIpc) is 3.00. The van der Waals surface area contributed by atoms with Crippen LogP contribution >= 0.6 is 0 Å².